The molecule has 0 radical (unpaired) electrons. The van der Waals surface area contributed by atoms with Crippen molar-refractivity contribution >= 4 is 15.9 Å². The first-order valence-electron chi connectivity index (χ1n) is 6.04. The van der Waals surface area contributed by atoms with E-state index in [4.69, 9.17) is 5.73 Å². The Morgan fingerprint density at radius 1 is 1.40 bits per heavy atom. The van der Waals surface area contributed by atoms with Gasteiger partial charge in [-0.05, 0) is 38.5 Å². The maximum atomic E-state index is 12.5. The number of aliphatic hydroxyl groups is 1. The molecule has 112 valence electrons. The Hall–Kier alpha value is -1.44. The van der Waals surface area contributed by atoms with Gasteiger partial charge in [0.2, 0.25) is 15.9 Å². The fraction of sp³-hybridized carbons (Fsp3) is 0.462. The van der Waals surface area contributed by atoms with Gasteiger partial charge in [-0.1, -0.05) is 6.07 Å². The molecule has 7 heteroatoms. The average Bonchev–Trinajstić information content (AvgIpc) is 2.37. The molecule has 1 rings (SSSR count). The third-order valence-electron chi connectivity index (χ3n) is 3.37. The van der Waals surface area contributed by atoms with E-state index < -0.39 is 21.5 Å². The van der Waals surface area contributed by atoms with Gasteiger partial charge in [-0.15, -0.1) is 0 Å². The Bertz CT molecular complexity index is 623. The van der Waals surface area contributed by atoms with E-state index >= 15 is 0 Å². The Morgan fingerprint density at radius 2 is 1.95 bits per heavy atom. The van der Waals surface area contributed by atoms with E-state index in [2.05, 4.69) is 0 Å². The molecule has 0 fully saturated rings. The summed E-state index contributed by atoms with van der Waals surface area (Å²) >= 11 is 0. The average molecular weight is 300 g/mol. The molecule has 0 aromatic heterocycles. The normalized spacial score (nSPS) is 12.7. The van der Waals surface area contributed by atoms with Crippen LogP contribution in [-0.2, 0) is 10.0 Å². The number of carbonyl (C=O) groups is 1. The lowest BCUT2D eigenvalue weighted by Gasteiger charge is -2.32. The van der Waals surface area contributed by atoms with Gasteiger partial charge in [0, 0.05) is 12.6 Å². The third-order valence-corrected chi connectivity index (χ3v) is 5.44. The molecule has 0 unspecified atom stereocenters. The predicted molar refractivity (Wildman–Crippen MR) is 75.8 cm³/mol. The van der Waals surface area contributed by atoms with Crippen LogP contribution >= 0.6 is 0 Å². The first kappa shape index (κ1) is 16.6. The van der Waals surface area contributed by atoms with Crippen LogP contribution in [-0.4, -0.2) is 42.9 Å². The molecule has 20 heavy (non-hydrogen) atoms. The number of rotatable bonds is 5. The highest BCUT2D eigenvalue weighted by Gasteiger charge is 2.33. The monoisotopic (exact) mass is 300 g/mol. The highest BCUT2D eigenvalue weighted by Crippen LogP contribution is 2.24. The van der Waals surface area contributed by atoms with Gasteiger partial charge in [-0.3, -0.25) is 4.79 Å². The summed E-state index contributed by atoms with van der Waals surface area (Å²) in [4.78, 5) is 11.3. The zero-order chi connectivity index (χ0) is 15.7. The molecule has 0 atom stereocenters. The SMILES string of the molecule is Cc1ccc(S(=O)(=O)N(C)C(C)(C)CO)cc1C(N)=O. The minimum absolute atomic E-state index is 0.0269. The Morgan fingerprint density at radius 3 is 2.40 bits per heavy atom. The quantitative estimate of drug-likeness (QED) is 0.826. The molecule has 0 saturated carbocycles. The summed E-state index contributed by atoms with van der Waals surface area (Å²) in [5.74, 6) is -0.677. The Balaban J connectivity index is 3.37. The van der Waals surface area contributed by atoms with E-state index in [0.29, 0.717) is 5.56 Å². The Kier molecular flexibility index (Phi) is 4.58. The maximum Gasteiger partial charge on any atom is 0.249 e. The lowest BCUT2D eigenvalue weighted by molar-refractivity contribution is 0.0999. The number of hydrogen-bond acceptors (Lipinski definition) is 4. The molecule has 0 bridgehead atoms. The number of amides is 1. The molecular formula is C13H20N2O4S. The van der Waals surface area contributed by atoms with Crippen LogP contribution in [0.4, 0.5) is 0 Å². The molecule has 0 aliphatic heterocycles. The molecule has 1 aromatic carbocycles. The second-order valence-electron chi connectivity index (χ2n) is 5.28. The topological polar surface area (TPSA) is 101 Å². The fourth-order valence-electron chi connectivity index (χ4n) is 1.61. The molecule has 0 aliphatic rings. The van der Waals surface area contributed by atoms with Crippen molar-refractivity contribution in [2.24, 2.45) is 5.73 Å². The van der Waals surface area contributed by atoms with Gasteiger partial charge in [-0.2, -0.15) is 4.31 Å². The first-order valence-corrected chi connectivity index (χ1v) is 7.48. The van der Waals surface area contributed by atoms with Crippen LogP contribution in [0.2, 0.25) is 0 Å². The number of nitrogens with zero attached hydrogens (tertiary/aromatic N) is 1. The molecule has 0 heterocycles. The van der Waals surface area contributed by atoms with E-state index in [0.717, 1.165) is 4.31 Å². The smallest absolute Gasteiger partial charge is 0.249 e. The van der Waals surface area contributed by atoms with Crippen LogP contribution < -0.4 is 5.73 Å². The third kappa shape index (κ3) is 3.00. The minimum Gasteiger partial charge on any atom is -0.394 e. The van der Waals surface area contributed by atoms with Crippen molar-refractivity contribution < 1.29 is 18.3 Å². The zero-order valence-corrected chi connectivity index (χ0v) is 12.9. The summed E-state index contributed by atoms with van der Waals surface area (Å²) in [7, 11) is -2.43. The number of primary amides is 1. The van der Waals surface area contributed by atoms with Crippen LogP contribution in [0.5, 0.6) is 0 Å². The van der Waals surface area contributed by atoms with Crippen molar-refractivity contribution in [2.75, 3.05) is 13.7 Å². The van der Waals surface area contributed by atoms with Gasteiger partial charge in [0.05, 0.1) is 17.0 Å². The van der Waals surface area contributed by atoms with Gasteiger partial charge in [0.1, 0.15) is 0 Å². The highest BCUT2D eigenvalue weighted by molar-refractivity contribution is 7.89. The predicted octanol–water partition coefficient (Wildman–Crippen LogP) is 0.485. The van der Waals surface area contributed by atoms with Crippen molar-refractivity contribution in [1.29, 1.82) is 0 Å². The lowest BCUT2D eigenvalue weighted by atomic mass is 10.1. The number of aryl methyl sites for hydroxylation is 1. The van der Waals surface area contributed by atoms with E-state index in [1.807, 2.05) is 0 Å². The maximum absolute atomic E-state index is 12.5. The lowest BCUT2D eigenvalue weighted by Crippen LogP contribution is -2.47. The van der Waals surface area contributed by atoms with Crippen LogP contribution in [0.15, 0.2) is 23.1 Å². The molecule has 3 N–H and O–H groups in total. The molecular weight excluding hydrogens is 280 g/mol. The van der Waals surface area contributed by atoms with E-state index in [1.165, 1.54) is 25.2 Å². The zero-order valence-electron chi connectivity index (χ0n) is 12.0. The summed E-state index contributed by atoms with van der Waals surface area (Å²) in [6, 6.07) is 4.21. The standard InChI is InChI=1S/C13H20N2O4S/c1-9-5-6-10(7-11(9)12(14)17)20(18,19)15(4)13(2,3)8-16/h5-7,16H,8H2,1-4H3,(H2,14,17). The second kappa shape index (κ2) is 5.51. The minimum atomic E-state index is -3.82. The van der Waals surface area contributed by atoms with Crippen LogP contribution in [0.3, 0.4) is 0 Å². The number of nitrogens with two attached hydrogens (primary N) is 1. The highest BCUT2D eigenvalue weighted by atomic mass is 32.2. The van der Waals surface area contributed by atoms with Crippen LogP contribution in [0, 0.1) is 6.92 Å². The van der Waals surface area contributed by atoms with E-state index in [9.17, 15) is 18.3 Å². The Labute approximate surface area is 119 Å². The van der Waals surface area contributed by atoms with Crippen molar-refractivity contribution in [3.05, 3.63) is 29.3 Å². The van der Waals surface area contributed by atoms with Crippen molar-refractivity contribution in [3.8, 4) is 0 Å². The van der Waals surface area contributed by atoms with Crippen molar-refractivity contribution in [3.63, 3.8) is 0 Å². The fourth-order valence-corrected chi connectivity index (χ4v) is 3.14. The summed E-state index contributed by atoms with van der Waals surface area (Å²) in [6.45, 7) is 4.57. The van der Waals surface area contributed by atoms with Gasteiger partial charge < -0.3 is 10.8 Å². The molecule has 1 amide bonds. The van der Waals surface area contributed by atoms with E-state index in [1.54, 1.807) is 20.8 Å². The first-order chi connectivity index (χ1) is 9.04. The number of likely N-dealkylation sites (N-methyl/N-ethyl adjacent to an activating group) is 1. The molecule has 0 saturated heterocycles. The number of sulfonamides is 1. The summed E-state index contributed by atoms with van der Waals surface area (Å²) < 4.78 is 26.1. The summed E-state index contributed by atoms with van der Waals surface area (Å²) in [6.07, 6.45) is 0. The van der Waals surface area contributed by atoms with Gasteiger partial charge in [0.25, 0.3) is 0 Å². The number of benzene rings is 1. The van der Waals surface area contributed by atoms with Crippen LogP contribution in [0.25, 0.3) is 0 Å². The summed E-state index contributed by atoms with van der Waals surface area (Å²) in [5, 5.41) is 9.28. The van der Waals surface area contributed by atoms with Crippen LogP contribution in [0.1, 0.15) is 29.8 Å². The van der Waals surface area contributed by atoms with Gasteiger partial charge in [0.15, 0.2) is 0 Å². The number of hydrogen-bond donors (Lipinski definition) is 2. The largest absolute Gasteiger partial charge is 0.394 e. The second-order valence-corrected chi connectivity index (χ2v) is 7.25. The van der Waals surface area contributed by atoms with Gasteiger partial charge in [-0.25, -0.2) is 8.42 Å². The van der Waals surface area contributed by atoms with E-state index in [-0.39, 0.29) is 17.1 Å². The molecule has 0 aliphatic carbocycles. The van der Waals surface area contributed by atoms with Crippen molar-refractivity contribution in [2.45, 2.75) is 31.2 Å². The molecule has 6 nitrogen and oxygen atoms in total. The number of aliphatic hydroxyl groups excluding tert-OH is 1. The summed E-state index contributed by atoms with van der Waals surface area (Å²) in [5.41, 5.74) is 5.06. The van der Waals surface area contributed by atoms with Gasteiger partial charge >= 0.3 is 0 Å². The molecule has 1 aromatic rings. The van der Waals surface area contributed by atoms with Crippen molar-refractivity contribution in [1.82, 2.24) is 4.31 Å². The number of carbonyl (C=O) groups excluding carboxylic acids is 1. The molecule has 0 spiro atoms.